The zero-order valence-electron chi connectivity index (χ0n) is 20.3. The van der Waals surface area contributed by atoms with E-state index in [-0.39, 0.29) is 0 Å². The smallest absolute Gasteiger partial charge is 0.168 e. The van der Waals surface area contributed by atoms with E-state index in [1.807, 2.05) is 0 Å². The fourth-order valence-electron chi connectivity index (χ4n) is 6.02. The number of hydrogen-bond acceptors (Lipinski definition) is 1. The highest BCUT2D eigenvalue weighted by Gasteiger charge is 2.51. The van der Waals surface area contributed by atoms with Gasteiger partial charge >= 0.3 is 0 Å². The van der Waals surface area contributed by atoms with Crippen LogP contribution in [0, 0.1) is 5.41 Å². The van der Waals surface area contributed by atoms with Gasteiger partial charge in [-0.3, -0.25) is 0 Å². The Kier molecular flexibility index (Phi) is 14.9. The van der Waals surface area contributed by atoms with Gasteiger partial charge in [-0.2, -0.15) is 0 Å². The fourth-order valence-corrected chi connectivity index (χ4v) is 8.24. The highest BCUT2D eigenvalue weighted by Crippen LogP contribution is 2.63. The van der Waals surface area contributed by atoms with E-state index in [2.05, 4.69) is 27.7 Å². The highest BCUT2D eigenvalue weighted by atomic mass is 28.2. The number of unbranched alkanes of at least 4 members (excludes halogenated alkanes) is 9. The lowest BCUT2D eigenvalue weighted by Gasteiger charge is -2.55. The van der Waals surface area contributed by atoms with Crippen molar-refractivity contribution in [1.29, 1.82) is 0 Å². The SMILES string of the molecule is CCCCCCC1(CCCCCC)CCCCC1(CCCCCC)[SiH2]OCC. The van der Waals surface area contributed by atoms with Crippen LogP contribution in [-0.4, -0.2) is 16.4 Å². The second kappa shape index (κ2) is 15.9. The Bertz CT molecular complexity index is 344. The summed E-state index contributed by atoms with van der Waals surface area (Å²) in [5.74, 6) is 0. The maximum atomic E-state index is 6.38. The molecular formula is C26H54OSi. The first-order valence-corrected chi connectivity index (χ1v) is 14.6. The van der Waals surface area contributed by atoms with Crippen molar-refractivity contribution in [2.75, 3.05) is 6.61 Å². The molecule has 1 aliphatic rings. The first kappa shape index (κ1) is 26.2. The lowest BCUT2D eigenvalue weighted by molar-refractivity contribution is 0.0586. The molecule has 0 aromatic rings. The number of rotatable bonds is 18. The van der Waals surface area contributed by atoms with E-state index in [0.29, 0.717) is 10.5 Å². The van der Waals surface area contributed by atoms with Crippen LogP contribution in [0.4, 0.5) is 0 Å². The molecule has 1 saturated carbocycles. The monoisotopic (exact) mass is 410 g/mol. The minimum atomic E-state index is -0.459. The van der Waals surface area contributed by atoms with Gasteiger partial charge in [0.25, 0.3) is 0 Å². The molecule has 28 heavy (non-hydrogen) atoms. The molecule has 1 rings (SSSR count). The maximum absolute atomic E-state index is 6.38. The van der Waals surface area contributed by atoms with Crippen LogP contribution in [0.1, 0.15) is 150 Å². The molecule has 0 bridgehead atoms. The Labute approximate surface area is 181 Å². The van der Waals surface area contributed by atoms with Gasteiger partial charge in [0.15, 0.2) is 9.76 Å². The minimum absolute atomic E-state index is 0.459. The molecule has 0 radical (unpaired) electrons. The third kappa shape index (κ3) is 8.50. The third-order valence-electron chi connectivity index (χ3n) is 7.79. The first-order valence-electron chi connectivity index (χ1n) is 13.3. The van der Waals surface area contributed by atoms with Gasteiger partial charge < -0.3 is 4.43 Å². The molecule has 0 aliphatic heterocycles. The van der Waals surface area contributed by atoms with Crippen LogP contribution in [-0.2, 0) is 4.43 Å². The molecule has 1 aliphatic carbocycles. The van der Waals surface area contributed by atoms with E-state index >= 15 is 0 Å². The average Bonchev–Trinajstić information content (AvgIpc) is 2.72. The maximum Gasteiger partial charge on any atom is 0.168 e. The molecule has 0 amide bonds. The first-order chi connectivity index (χ1) is 13.7. The van der Waals surface area contributed by atoms with Gasteiger partial charge in [-0.15, -0.1) is 0 Å². The Hall–Kier alpha value is 0.177. The Morgan fingerprint density at radius 2 is 1.11 bits per heavy atom. The van der Waals surface area contributed by atoms with Crippen LogP contribution in [0.25, 0.3) is 0 Å². The second-order valence-electron chi connectivity index (χ2n) is 9.84. The van der Waals surface area contributed by atoms with Crippen molar-refractivity contribution < 1.29 is 4.43 Å². The molecular weight excluding hydrogens is 356 g/mol. The molecule has 2 heteroatoms. The second-order valence-corrected chi connectivity index (χ2v) is 11.9. The largest absolute Gasteiger partial charge is 0.424 e. The van der Waals surface area contributed by atoms with Crippen LogP contribution >= 0.6 is 0 Å². The van der Waals surface area contributed by atoms with Crippen molar-refractivity contribution in [2.24, 2.45) is 5.41 Å². The zero-order chi connectivity index (χ0) is 20.6. The summed E-state index contributed by atoms with van der Waals surface area (Å²) in [6.07, 6.45) is 27.6. The van der Waals surface area contributed by atoms with Crippen LogP contribution in [0.2, 0.25) is 5.04 Å². The van der Waals surface area contributed by atoms with Crippen LogP contribution in [0.5, 0.6) is 0 Å². The van der Waals surface area contributed by atoms with Crippen molar-refractivity contribution in [2.45, 2.75) is 155 Å². The molecule has 0 aromatic carbocycles. The van der Waals surface area contributed by atoms with E-state index in [4.69, 9.17) is 4.43 Å². The Balaban J connectivity index is 2.96. The minimum Gasteiger partial charge on any atom is -0.424 e. The predicted molar refractivity (Wildman–Crippen MR) is 130 cm³/mol. The fraction of sp³-hybridized carbons (Fsp3) is 1.00. The molecule has 1 atom stereocenters. The standard InChI is InChI=1S/C26H54OSi/c1-5-9-12-15-20-25(21-16-13-10-6-2)22-18-19-24-26(25,28-27-8-4)23-17-14-11-7-3/h5-24,28H2,1-4H3. The van der Waals surface area contributed by atoms with Crippen molar-refractivity contribution in [3.63, 3.8) is 0 Å². The van der Waals surface area contributed by atoms with Gasteiger partial charge in [-0.1, -0.05) is 111 Å². The van der Waals surface area contributed by atoms with Gasteiger partial charge in [0.2, 0.25) is 0 Å². The van der Waals surface area contributed by atoms with E-state index in [9.17, 15) is 0 Å². The summed E-state index contributed by atoms with van der Waals surface area (Å²) in [4.78, 5) is 0. The van der Waals surface area contributed by atoms with Crippen molar-refractivity contribution in [3.8, 4) is 0 Å². The summed E-state index contributed by atoms with van der Waals surface area (Å²) in [6.45, 7) is 10.2. The molecule has 0 aromatic heterocycles. The topological polar surface area (TPSA) is 9.23 Å². The van der Waals surface area contributed by atoms with Crippen LogP contribution in [0.15, 0.2) is 0 Å². The molecule has 0 saturated heterocycles. The van der Waals surface area contributed by atoms with E-state index in [1.54, 1.807) is 0 Å². The van der Waals surface area contributed by atoms with Crippen molar-refractivity contribution in [1.82, 2.24) is 0 Å². The quantitative estimate of drug-likeness (QED) is 0.162. The van der Waals surface area contributed by atoms with Crippen LogP contribution in [0.3, 0.4) is 0 Å². The van der Waals surface area contributed by atoms with Gasteiger partial charge in [0.1, 0.15) is 0 Å². The van der Waals surface area contributed by atoms with Crippen LogP contribution < -0.4 is 0 Å². The highest BCUT2D eigenvalue weighted by molar-refractivity contribution is 6.32. The lowest BCUT2D eigenvalue weighted by Crippen LogP contribution is -2.44. The predicted octanol–water partition coefficient (Wildman–Crippen LogP) is 8.74. The molecule has 0 spiro atoms. The van der Waals surface area contributed by atoms with E-state index in [0.717, 1.165) is 6.61 Å². The Morgan fingerprint density at radius 3 is 1.61 bits per heavy atom. The normalized spacial score (nSPS) is 22.3. The van der Waals surface area contributed by atoms with Crippen molar-refractivity contribution in [3.05, 3.63) is 0 Å². The third-order valence-corrected chi connectivity index (χ3v) is 10.4. The summed E-state index contributed by atoms with van der Waals surface area (Å²) in [6, 6.07) is 0. The van der Waals surface area contributed by atoms with Gasteiger partial charge in [-0.05, 0) is 49.5 Å². The molecule has 168 valence electrons. The summed E-state index contributed by atoms with van der Waals surface area (Å²) in [5.41, 5.74) is 0.625. The van der Waals surface area contributed by atoms with E-state index in [1.165, 1.54) is 122 Å². The van der Waals surface area contributed by atoms with Gasteiger partial charge in [-0.25, -0.2) is 0 Å². The molecule has 1 unspecified atom stereocenters. The summed E-state index contributed by atoms with van der Waals surface area (Å²) >= 11 is 0. The lowest BCUT2D eigenvalue weighted by atomic mass is 9.59. The Morgan fingerprint density at radius 1 is 0.607 bits per heavy atom. The summed E-state index contributed by atoms with van der Waals surface area (Å²) < 4.78 is 6.38. The van der Waals surface area contributed by atoms with E-state index < -0.39 is 9.76 Å². The molecule has 0 N–H and O–H groups in total. The molecule has 0 heterocycles. The molecule has 1 nitrogen and oxygen atoms in total. The zero-order valence-corrected chi connectivity index (χ0v) is 21.7. The van der Waals surface area contributed by atoms with Gasteiger partial charge in [0.05, 0.1) is 0 Å². The van der Waals surface area contributed by atoms with Crippen molar-refractivity contribution >= 4 is 9.76 Å². The summed E-state index contributed by atoms with van der Waals surface area (Å²) in [5, 5.41) is 0.605. The number of hydrogen-bond donors (Lipinski definition) is 0. The molecule has 1 fully saturated rings. The van der Waals surface area contributed by atoms with Gasteiger partial charge in [0, 0.05) is 6.61 Å². The average molecular weight is 411 g/mol. The summed E-state index contributed by atoms with van der Waals surface area (Å²) in [7, 11) is -0.459.